The predicted octanol–water partition coefficient (Wildman–Crippen LogP) is 6.41. The fraction of sp³-hybridized carbons (Fsp3) is 0.200. The van der Waals surface area contributed by atoms with Gasteiger partial charge in [0.25, 0.3) is 0 Å². The monoisotopic (exact) mass is 418 g/mol. The van der Waals surface area contributed by atoms with Crippen molar-refractivity contribution in [2.24, 2.45) is 5.92 Å². The minimum atomic E-state index is -0.927. The molecule has 3 aromatic carbocycles. The van der Waals surface area contributed by atoms with Gasteiger partial charge < -0.3 is 0 Å². The molecular formula is C30H26O2. The van der Waals surface area contributed by atoms with Crippen molar-refractivity contribution >= 4 is 22.7 Å². The molecule has 0 fully saturated rings. The highest BCUT2D eigenvalue weighted by Crippen LogP contribution is 2.53. The summed E-state index contributed by atoms with van der Waals surface area (Å²) < 4.78 is 0. The number of allylic oxidation sites excluding steroid dienone is 3. The Morgan fingerprint density at radius 2 is 1.25 bits per heavy atom. The molecule has 0 spiro atoms. The molecule has 2 aliphatic carbocycles. The van der Waals surface area contributed by atoms with Gasteiger partial charge in [0.15, 0.2) is 5.78 Å². The first-order valence-corrected chi connectivity index (χ1v) is 11.1. The number of ketones is 2. The van der Waals surface area contributed by atoms with E-state index < -0.39 is 11.3 Å². The van der Waals surface area contributed by atoms with Crippen LogP contribution in [0.2, 0.25) is 0 Å². The third kappa shape index (κ3) is 2.86. The molecule has 2 aliphatic rings. The van der Waals surface area contributed by atoms with Gasteiger partial charge in [0, 0.05) is 12.0 Å². The highest BCUT2D eigenvalue weighted by Gasteiger charge is 2.55. The summed E-state index contributed by atoms with van der Waals surface area (Å²) in [5.74, 6) is -0.303. The van der Waals surface area contributed by atoms with Gasteiger partial charge in [0.05, 0.1) is 11.3 Å². The highest BCUT2D eigenvalue weighted by molar-refractivity contribution is 6.31. The molecule has 0 bridgehead atoms. The van der Waals surface area contributed by atoms with Gasteiger partial charge >= 0.3 is 0 Å². The van der Waals surface area contributed by atoms with E-state index in [9.17, 15) is 9.59 Å². The molecule has 2 heteroatoms. The van der Waals surface area contributed by atoms with Crippen LogP contribution < -0.4 is 0 Å². The van der Waals surface area contributed by atoms with Gasteiger partial charge in [-0.25, -0.2) is 0 Å². The lowest BCUT2D eigenvalue weighted by atomic mass is 9.64. The standard InChI is InChI=1S/C30H26O2/c1-19-18-25(31)28-20(2)27(22-14-8-5-9-15-22)29(32)30(28,3)24-17-11-10-16-23(24)26(19)21-12-6-4-7-13-21/h4-17,28H,18H2,1-3H3/b26-19-/t28-,30+/m0/s1. The number of rotatable bonds is 2. The minimum absolute atomic E-state index is 0.0407. The molecule has 0 saturated heterocycles. The van der Waals surface area contributed by atoms with Crippen LogP contribution in [-0.4, -0.2) is 11.6 Å². The Labute approximate surface area is 189 Å². The molecular weight excluding hydrogens is 392 g/mol. The van der Waals surface area contributed by atoms with Crippen molar-refractivity contribution in [1.29, 1.82) is 0 Å². The fourth-order valence-electron chi connectivity index (χ4n) is 5.79. The van der Waals surface area contributed by atoms with Crippen molar-refractivity contribution in [3.05, 3.63) is 118 Å². The Morgan fingerprint density at radius 3 is 1.88 bits per heavy atom. The summed E-state index contributed by atoms with van der Waals surface area (Å²) in [6.45, 7) is 5.99. The maximum absolute atomic E-state index is 14.1. The normalized spacial score (nSPS) is 25.3. The molecule has 2 atom stereocenters. The lowest BCUT2D eigenvalue weighted by Gasteiger charge is -2.36. The van der Waals surface area contributed by atoms with E-state index in [1.165, 1.54) is 0 Å². The second-order valence-electron chi connectivity index (χ2n) is 9.10. The second kappa shape index (κ2) is 7.56. The van der Waals surface area contributed by atoms with Crippen LogP contribution in [0.1, 0.15) is 49.4 Å². The zero-order valence-electron chi connectivity index (χ0n) is 18.7. The van der Waals surface area contributed by atoms with E-state index in [1.54, 1.807) is 0 Å². The van der Waals surface area contributed by atoms with Gasteiger partial charge in [-0.05, 0) is 48.6 Å². The third-order valence-corrected chi connectivity index (χ3v) is 7.17. The van der Waals surface area contributed by atoms with E-state index >= 15 is 0 Å². The molecule has 2 nitrogen and oxygen atoms in total. The molecule has 0 heterocycles. The quantitative estimate of drug-likeness (QED) is 0.482. The summed E-state index contributed by atoms with van der Waals surface area (Å²) in [7, 11) is 0. The Kier molecular flexibility index (Phi) is 4.82. The van der Waals surface area contributed by atoms with Crippen molar-refractivity contribution in [2.75, 3.05) is 0 Å². The van der Waals surface area contributed by atoms with Crippen LogP contribution in [0.15, 0.2) is 96.1 Å². The van der Waals surface area contributed by atoms with Crippen LogP contribution in [0.25, 0.3) is 11.1 Å². The van der Waals surface area contributed by atoms with Crippen molar-refractivity contribution in [1.82, 2.24) is 0 Å². The van der Waals surface area contributed by atoms with Crippen LogP contribution in [0, 0.1) is 5.92 Å². The minimum Gasteiger partial charge on any atom is -0.299 e. The highest BCUT2D eigenvalue weighted by atomic mass is 16.1. The summed E-state index contributed by atoms with van der Waals surface area (Å²) in [5.41, 5.74) is 6.72. The van der Waals surface area contributed by atoms with Gasteiger partial charge in [0.2, 0.25) is 0 Å². The molecule has 5 rings (SSSR count). The van der Waals surface area contributed by atoms with Crippen LogP contribution in [0.5, 0.6) is 0 Å². The first-order chi connectivity index (χ1) is 15.4. The van der Waals surface area contributed by atoms with E-state index in [0.29, 0.717) is 12.0 Å². The number of hydrogen-bond acceptors (Lipinski definition) is 2. The van der Waals surface area contributed by atoms with Gasteiger partial charge in [0.1, 0.15) is 5.78 Å². The summed E-state index contributed by atoms with van der Waals surface area (Å²) in [6.07, 6.45) is 0.339. The predicted molar refractivity (Wildman–Crippen MR) is 129 cm³/mol. The molecule has 0 aliphatic heterocycles. The Bertz CT molecular complexity index is 1290. The lowest BCUT2D eigenvalue weighted by molar-refractivity contribution is -0.128. The number of fused-ring (bicyclic) bond motifs is 3. The zero-order valence-corrected chi connectivity index (χ0v) is 18.7. The van der Waals surface area contributed by atoms with Gasteiger partial charge in [-0.2, -0.15) is 0 Å². The molecule has 158 valence electrons. The number of carbonyl (C=O) groups is 2. The Hall–Kier alpha value is -3.52. The SMILES string of the molecule is CC1=C(c2ccccc2)C(=O)[C@]2(C)c3ccccc3/C(c3ccccc3)=C(/C)CC(=O)[C@H]12. The van der Waals surface area contributed by atoms with Crippen molar-refractivity contribution in [2.45, 2.75) is 32.6 Å². The van der Waals surface area contributed by atoms with Gasteiger partial charge in [-0.15, -0.1) is 0 Å². The Balaban J connectivity index is 1.80. The topological polar surface area (TPSA) is 34.1 Å². The molecule has 0 saturated carbocycles. The molecule has 0 amide bonds. The van der Waals surface area contributed by atoms with Crippen molar-refractivity contribution < 1.29 is 9.59 Å². The molecule has 0 radical (unpaired) electrons. The molecule has 0 N–H and O–H groups in total. The largest absolute Gasteiger partial charge is 0.299 e. The maximum atomic E-state index is 14.1. The molecule has 3 aromatic rings. The summed E-state index contributed by atoms with van der Waals surface area (Å²) in [4.78, 5) is 27.9. The third-order valence-electron chi connectivity index (χ3n) is 7.17. The maximum Gasteiger partial charge on any atom is 0.174 e. The fourth-order valence-corrected chi connectivity index (χ4v) is 5.79. The van der Waals surface area contributed by atoms with Gasteiger partial charge in [-0.1, -0.05) is 96.1 Å². The van der Waals surface area contributed by atoms with E-state index in [2.05, 4.69) is 18.2 Å². The zero-order chi connectivity index (χ0) is 22.5. The summed E-state index contributed by atoms with van der Waals surface area (Å²) in [5, 5.41) is 0. The van der Waals surface area contributed by atoms with Crippen molar-refractivity contribution in [3.63, 3.8) is 0 Å². The van der Waals surface area contributed by atoms with E-state index in [4.69, 9.17) is 0 Å². The van der Waals surface area contributed by atoms with Crippen LogP contribution in [0.4, 0.5) is 0 Å². The van der Waals surface area contributed by atoms with Crippen LogP contribution in [-0.2, 0) is 15.0 Å². The first-order valence-electron chi connectivity index (χ1n) is 11.1. The number of Topliss-reactive ketones (excluding diaryl/α,β-unsaturated/α-hetero) is 2. The Morgan fingerprint density at radius 1 is 0.719 bits per heavy atom. The average molecular weight is 419 g/mol. The number of benzene rings is 3. The molecule has 0 unspecified atom stereocenters. The number of carbonyl (C=O) groups excluding carboxylic acids is 2. The smallest absolute Gasteiger partial charge is 0.174 e. The van der Waals surface area contributed by atoms with E-state index in [-0.39, 0.29) is 11.6 Å². The summed E-state index contributed by atoms with van der Waals surface area (Å²) in [6, 6.07) is 28.1. The lowest BCUT2D eigenvalue weighted by Crippen LogP contribution is -2.41. The van der Waals surface area contributed by atoms with Gasteiger partial charge in [-0.3, -0.25) is 9.59 Å². The molecule has 32 heavy (non-hydrogen) atoms. The van der Waals surface area contributed by atoms with Crippen LogP contribution >= 0.6 is 0 Å². The first kappa shape index (κ1) is 20.4. The molecule has 0 aromatic heterocycles. The van der Waals surface area contributed by atoms with Crippen LogP contribution in [0.3, 0.4) is 0 Å². The number of hydrogen-bond donors (Lipinski definition) is 0. The van der Waals surface area contributed by atoms with E-state index in [1.807, 2.05) is 87.5 Å². The average Bonchev–Trinajstić information content (AvgIpc) is 3.00. The summed E-state index contributed by atoms with van der Waals surface area (Å²) >= 11 is 0. The second-order valence-corrected chi connectivity index (χ2v) is 9.10. The van der Waals surface area contributed by atoms with Crippen molar-refractivity contribution in [3.8, 4) is 0 Å². The van der Waals surface area contributed by atoms with E-state index in [0.717, 1.165) is 39.0 Å².